The van der Waals surface area contributed by atoms with Crippen LogP contribution < -0.4 is 0 Å². The number of aromatic nitrogens is 1. The number of amides is 1. The van der Waals surface area contributed by atoms with E-state index in [9.17, 15) is 10.1 Å². The van der Waals surface area contributed by atoms with Gasteiger partial charge in [-0.05, 0) is 44.0 Å². The lowest BCUT2D eigenvalue weighted by molar-refractivity contribution is -0.125. The zero-order chi connectivity index (χ0) is 20.0. The molecular formula is C22H27N3O2. The first-order valence-corrected chi connectivity index (χ1v) is 8.97. The molecule has 1 amide bonds. The van der Waals surface area contributed by atoms with Gasteiger partial charge in [-0.2, -0.15) is 5.26 Å². The van der Waals surface area contributed by atoms with Crippen LogP contribution in [0.3, 0.4) is 0 Å². The maximum atomic E-state index is 12.7. The van der Waals surface area contributed by atoms with Gasteiger partial charge >= 0.3 is 0 Å². The maximum absolute atomic E-state index is 12.7. The summed E-state index contributed by atoms with van der Waals surface area (Å²) in [6.45, 7) is 7.16. The molecule has 0 spiro atoms. The van der Waals surface area contributed by atoms with Crippen molar-refractivity contribution in [1.82, 2.24) is 9.47 Å². The van der Waals surface area contributed by atoms with Crippen molar-refractivity contribution < 1.29 is 9.53 Å². The van der Waals surface area contributed by atoms with Gasteiger partial charge in [0.1, 0.15) is 11.6 Å². The van der Waals surface area contributed by atoms with Gasteiger partial charge in [-0.3, -0.25) is 4.79 Å². The van der Waals surface area contributed by atoms with E-state index in [-0.39, 0.29) is 17.5 Å². The van der Waals surface area contributed by atoms with E-state index in [1.54, 1.807) is 25.1 Å². The molecule has 1 unspecified atom stereocenters. The van der Waals surface area contributed by atoms with Crippen LogP contribution in [0.25, 0.3) is 6.08 Å². The van der Waals surface area contributed by atoms with Crippen LogP contribution >= 0.6 is 0 Å². The minimum atomic E-state index is -0.281. The van der Waals surface area contributed by atoms with Crippen LogP contribution in [-0.2, 0) is 16.1 Å². The van der Waals surface area contributed by atoms with E-state index >= 15 is 0 Å². The summed E-state index contributed by atoms with van der Waals surface area (Å²) >= 11 is 0. The van der Waals surface area contributed by atoms with Crippen LogP contribution in [0.2, 0.25) is 0 Å². The average Bonchev–Trinajstić information content (AvgIpc) is 2.93. The molecule has 1 atom stereocenters. The molecule has 5 nitrogen and oxygen atoms in total. The zero-order valence-electron chi connectivity index (χ0n) is 16.7. The van der Waals surface area contributed by atoms with Crippen LogP contribution in [0.5, 0.6) is 0 Å². The Balaban J connectivity index is 2.26. The lowest BCUT2D eigenvalue weighted by atomic mass is 10.1. The largest absolute Gasteiger partial charge is 0.383 e. The van der Waals surface area contributed by atoms with E-state index in [1.165, 1.54) is 0 Å². The number of ether oxygens (including phenoxy) is 1. The van der Waals surface area contributed by atoms with E-state index in [1.807, 2.05) is 50.2 Å². The summed E-state index contributed by atoms with van der Waals surface area (Å²) in [5, 5.41) is 9.54. The summed E-state index contributed by atoms with van der Waals surface area (Å²) in [7, 11) is 3.39. The van der Waals surface area contributed by atoms with Gasteiger partial charge in [0.15, 0.2) is 0 Å². The molecule has 0 radical (unpaired) electrons. The quantitative estimate of drug-likeness (QED) is 0.553. The van der Waals surface area contributed by atoms with Gasteiger partial charge in [0.25, 0.3) is 5.91 Å². The van der Waals surface area contributed by atoms with Crippen molar-refractivity contribution in [2.45, 2.75) is 33.4 Å². The summed E-state index contributed by atoms with van der Waals surface area (Å²) in [6, 6.07) is 14.0. The second-order valence-corrected chi connectivity index (χ2v) is 6.82. The summed E-state index contributed by atoms with van der Waals surface area (Å²) in [6.07, 6.45) is 1.68. The van der Waals surface area contributed by atoms with Crippen molar-refractivity contribution in [2.75, 3.05) is 20.8 Å². The minimum absolute atomic E-state index is 0.132. The molecule has 0 bridgehead atoms. The second-order valence-electron chi connectivity index (χ2n) is 6.82. The number of nitriles is 1. The Bertz CT molecular complexity index is 860. The molecular weight excluding hydrogens is 338 g/mol. The van der Waals surface area contributed by atoms with Crippen LogP contribution in [-0.4, -0.2) is 36.1 Å². The number of methoxy groups -OCH3 is 1. The molecule has 1 aromatic heterocycles. The third-order valence-electron chi connectivity index (χ3n) is 4.63. The smallest absolute Gasteiger partial charge is 0.264 e. The SMILES string of the molecule is COCC(C)n1c(C)cc(/C=C(\C#N)C(=O)N(C)Cc2ccccc2)c1C. The topological polar surface area (TPSA) is 58.3 Å². The highest BCUT2D eigenvalue weighted by molar-refractivity contribution is 6.01. The Morgan fingerprint density at radius 3 is 2.59 bits per heavy atom. The number of carbonyl (C=O) groups is 1. The molecule has 2 rings (SSSR count). The molecule has 0 aliphatic rings. The van der Waals surface area contributed by atoms with E-state index in [4.69, 9.17) is 4.74 Å². The maximum Gasteiger partial charge on any atom is 0.264 e. The van der Waals surface area contributed by atoms with Crippen molar-refractivity contribution >= 4 is 12.0 Å². The van der Waals surface area contributed by atoms with Gasteiger partial charge < -0.3 is 14.2 Å². The first-order valence-electron chi connectivity index (χ1n) is 8.97. The fourth-order valence-electron chi connectivity index (χ4n) is 3.37. The van der Waals surface area contributed by atoms with E-state index in [2.05, 4.69) is 17.6 Å². The number of benzene rings is 1. The summed E-state index contributed by atoms with van der Waals surface area (Å²) < 4.78 is 7.43. The summed E-state index contributed by atoms with van der Waals surface area (Å²) in [5.74, 6) is -0.281. The van der Waals surface area contributed by atoms with Crippen molar-refractivity contribution in [3.05, 3.63) is 64.5 Å². The minimum Gasteiger partial charge on any atom is -0.383 e. The number of hydrogen-bond acceptors (Lipinski definition) is 3. The van der Waals surface area contributed by atoms with Gasteiger partial charge in [-0.1, -0.05) is 30.3 Å². The van der Waals surface area contributed by atoms with E-state index in [0.717, 1.165) is 22.5 Å². The lowest BCUT2D eigenvalue weighted by Crippen LogP contribution is -2.27. The van der Waals surface area contributed by atoms with Gasteiger partial charge in [0, 0.05) is 32.1 Å². The predicted octanol–water partition coefficient (Wildman–Crippen LogP) is 3.88. The molecule has 2 aromatic rings. The first-order chi connectivity index (χ1) is 12.9. The molecule has 0 aliphatic carbocycles. The molecule has 1 aromatic carbocycles. The van der Waals surface area contributed by atoms with Gasteiger partial charge in [-0.15, -0.1) is 0 Å². The fourth-order valence-corrected chi connectivity index (χ4v) is 3.37. The number of likely N-dealkylation sites (N-methyl/N-ethyl adjacent to an activating group) is 1. The number of aryl methyl sites for hydroxylation is 1. The fraction of sp³-hybridized carbons (Fsp3) is 0.364. The standard InChI is InChI=1S/C22H27N3O2/c1-16-11-20(18(3)25(16)17(2)15-27-5)12-21(13-23)22(26)24(4)14-19-9-7-6-8-10-19/h6-12,17H,14-15H2,1-5H3/b21-12+. The molecule has 27 heavy (non-hydrogen) atoms. The average molecular weight is 365 g/mol. The Hall–Kier alpha value is -2.84. The van der Waals surface area contributed by atoms with E-state index in [0.29, 0.717) is 13.2 Å². The van der Waals surface area contributed by atoms with Crippen LogP contribution in [0.15, 0.2) is 42.0 Å². The monoisotopic (exact) mass is 365 g/mol. The highest BCUT2D eigenvalue weighted by atomic mass is 16.5. The van der Waals surface area contributed by atoms with Crippen LogP contribution in [0.4, 0.5) is 0 Å². The van der Waals surface area contributed by atoms with Crippen molar-refractivity contribution in [1.29, 1.82) is 5.26 Å². The first kappa shape index (κ1) is 20.5. The lowest BCUT2D eigenvalue weighted by Gasteiger charge is -2.18. The van der Waals surface area contributed by atoms with Gasteiger partial charge in [-0.25, -0.2) is 0 Å². The Kier molecular flexibility index (Phi) is 6.98. The second kappa shape index (κ2) is 9.20. The van der Waals surface area contributed by atoms with Crippen LogP contribution in [0.1, 0.15) is 35.5 Å². The zero-order valence-corrected chi connectivity index (χ0v) is 16.7. The highest BCUT2D eigenvalue weighted by Crippen LogP contribution is 2.23. The number of hydrogen-bond donors (Lipinski definition) is 0. The Labute approximate surface area is 161 Å². The van der Waals surface area contributed by atoms with Crippen LogP contribution in [0, 0.1) is 25.2 Å². The molecule has 0 saturated carbocycles. The van der Waals surface area contributed by atoms with Gasteiger partial charge in [0.2, 0.25) is 0 Å². The van der Waals surface area contributed by atoms with Crippen molar-refractivity contribution in [2.24, 2.45) is 0 Å². The highest BCUT2D eigenvalue weighted by Gasteiger charge is 2.18. The molecule has 0 aliphatic heterocycles. The molecule has 0 saturated heterocycles. The molecule has 5 heteroatoms. The normalized spacial score (nSPS) is 12.5. The number of carbonyl (C=O) groups excluding carboxylic acids is 1. The molecule has 1 heterocycles. The molecule has 0 fully saturated rings. The summed E-state index contributed by atoms with van der Waals surface area (Å²) in [4.78, 5) is 14.3. The number of rotatable bonds is 7. The Morgan fingerprint density at radius 2 is 2.00 bits per heavy atom. The Morgan fingerprint density at radius 1 is 1.33 bits per heavy atom. The van der Waals surface area contributed by atoms with Crippen molar-refractivity contribution in [3.8, 4) is 6.07 Å². The molecule has 142 valence electrons. The predicted molar refractivity (Wildman–Crippen MR) is 107 cm³/mol. The van der Waals surface area contributed by atoms with Gasteiger partial charge in [0.05, 0.1) is 12.6 Å². The third-order valence-corrected chi connectivity index (χ3v) is 4.63. The third kappa shape index (κ3) is 4.87. The van der Waals surface area contributed by atoms with E-state index < -0.39 is 0 Å². The summed E-state index contributed by atoms with van der Waals surface area (Å²) in [5.41, 5.74) is 4.13. The van der Waals surface area contributed by atoms with Crippen molar-refractivity contribution in [3.63, 3.8) is 0 Å². The molecule has 0 N–H and O–H groups in total. The number of nitrogens with zero attached hydrogens (tertiary/aromatic N) is 3.